The summed E-state index contributed by atoms with van der Waals surface area (Å²) in [5, 5.41) is 21.3. The minimum absolute atomic E-state index is 0.131. The van der Waals surface area contributed by atoms with Crippen molar-refractivity contribution in [3.63, 3.8) is 0 Å². The molecule has 0 aliphatic rings. The molecule has 0 aliphatic heterocycles. The highest BCUT2D eigenvalue weighted by molar-refractivity contribution is 14.1. The van der Waals surface area contributed by atoms with Crippen LogP contribution in [0.15, 0.2) is 0 Å². The van der Waals surface area contributed by atoms with Gasteiger partial charge in [-0.25, -0.2) is 4.79 Å². The smallest absolute Gasteiger partial charge is 0.351 e. The third kappa shape index (κ3) is 6.84. The summed E-state index contributed by atoms with van der Waals surface area (Å²) in [5.41, 5.74) is 2.92. The summed E-state index contributed by atoms with van der Waals surface area (Å²) in [6, 6.07) is 0. The summed E-state index contributed by atoms with van der Waals surface area (Å²) in [4.78, 5) is 12.4. The lowest BCUT2D eigenvalue weighted by atomic mass is 9.86. The van der Waals surface area contributed by atoms with E-state index in [2.05, 4.69) is 20.8 Å². The van der Waals surface area contributed by atoms with Gasteiger partial charge in [0.25, 0.3) is 0 Å². The zero-order valence-electron chi connectivity index (χ0n) is 17.1. The van der Waals surface area contributed by atoms with Gasteiger partial charge in [-0.1, -0.05) is 59.3 Å². The van der Waals surface area contributed by atoms with Crippen molar-refractivity contribution in [1.82, 2.24) is 0 Å². The Morgan fingerprint density at radius 1 is 0.741 bits per heavy atom. The molecule has 0 heterocycles. The van der Waals surface area contributed by atoms with Crippen LogP contribution in [-0.2, 0) is 22.3 Å². The molecule has 0 bridgehead atoms. The Morgan fingerprint density at radius 2 is 1.19 bits per heavy atom. The van der Waals surface area contributed by atoms with Gasteiger partial charge in [-0.15, -0.1) is 0 Å². The molecular weight excluding hydrogens is 455 g/mol. The van der Waals surface area contributed by atoms with E-state index < -0.39 is 5.97 Å². The first-order valence-electron chi connectivity index (χ1n) is 10.4. The molecule has 0 aromatic heterocycles. The number of phenols is 2. The predicted molar refractivity (Wildman–Crippen MR) is 119 cm³/mol. The Labute approximate surface area is 178 Å². The fourth-order valence-electron chi connectivity index (χ4n) is 3.64. The average Bonchev–Trinajstić information content (AvgIpc) is 2.67. The van der Waals surface area contributed by atoms with Gasteiger partial charge < -0.3 is 13.3 Å². The third-order valence-corrected chi connectivity index (χ3v) is 5.54. The molecule has 27 heavy (non-hydrogen) atoms. The van der Waals surface area contributed by atoms with E-state index in [0.29, 0.717) is 0 Å². The maximum Gasteiger partial charge on any atom is 0.351 e. The van der Waals surface area contributed by atoms with E-state index in [4.69, 9.17) is 3.07 Å². The molecule has 2 N–H and O–H groups in total. The summed E-state index contributed by atoms with van der Waals surface area (Å²) in [6.45, 7) is 6.46. The van der Waals surface area contributed by atoms with E-state index in [1.165, 1.54) is 0 Å². The first kappa shape index (κ1) is 24.1. The first-order valence-corrected chi connectivity index (χ1v) is 11.3. The van der Waals surface area contributed by atoms with Crippen molar-refractivity contribution in [3.8, 4) is 11.5 Å². The Balaban J connectivity index is 3.47. The van der Waals surface area contributed by atoms with Crippen molar-refractivity contribution in [1.29, 1.82) is 0 Å². The van der Waals surface area contributed by atoms with Crippen molar-refractivity contribution < 1.29 is 18.1 Å². The zero-order valence-corrected chi connectivity index (χ0v) is 19.2. The number of hydrogen-bond acceptors (Lipinski definition) is 4. The largest absolute Gasteiger partial charge is 0.504 e. The SMILES string of the molecule is CCCCCc1c(O)c(O)c(C(=O)OI)c(CCCCC)c1CCCCC. The minimum atomic E-state index is -0.577. The highest BCUT2D eigenvalue weighted by Gasteiger charge is 2.27. The number of halogens is 1. The third-order valence-electron chi connectivity index (χ3n) is 5.14. The summed E-state index contributed by atoms with van der Waals surface area (Å²) < 4.78 is 4.90. The van der Waals surface area contributed by atoms with E-state index in [9.17, 15) is 15.0 Å². The van der Waals surface area contributed by atoms with Crippen LogP contribution >= 0.6 is 23.0 Å². The second-order valence-electron chi connectivity index (χ2n) is 7.24. The Bertz CT molecular complexity index is 599. The number of rotatable bonds is 13. The van der Waals surface area contributed by atoms with Crippen LogP contribution in [0.5, 0.6) is 11.5 Å². The minimum Gasteiger partial charge on any atom is -0.504 e. The maximum atomic E-state index is 12.4. The molecule has 0 saturated heterocycles. The normalized spacial score (nSPS) is 11.0. The highest BCUT2D eigenvalue weighted by Crippen LogP contribution is 2.41. The lowest BCUT2D eigenvalue weighted by Gasteiger charge is -2.21. The summed E-state index contributed by atoms with van der Waals surface area (Å²) in [6.07, 6.45) is 11.8. The molecule has 0 saturated carbocycles. The monoisotopic (exact) mass is 490 g/mol. The quantitative estimate of drug-likeness (QED) is 0.181. The molecule has 0 aliphatic carbocycles. The Morgan fingerprint density at radius 3 is 1.63 bits per heavy atom. The number of phenolic OH excluding ortho intramolecular Hbond substituents is 2. The fraction of sp³-hybridized carbons (Fsp3) is 0.682. The van der Waals surface area contributed by atoms with Gasteiger partial charge in [0.05, 0.1) is 0 Å². The summed E-state index contributed by atoms with van der Waals surface area (Å²) in [7, 11) is 0. The van der Waals surface area contributed by atoms with E-state index in [1.807, 2.05) is 0 Å². The molecule has 0 amide bonds. The van der Waals surface area contributed by atoms with Crippen LogP contribution in [0.2, 0.25) is 0 Å². The van der Waals surface area contributed by atoms with E-state index >= 15 is 0 Å². The van der Waals surface area contributed by atoms with Gasteiger partial charge in [0.1, 0.15) is 5.56 Å². The van der Waals surface area contributed by atoms with E-state index in [-0.39, 0.29) is 17.1 Å². The Kier molecular flexibility index (Phi) is 11.8. The topological polar surface area (TPSA) is 66.8 Å². The van der Waals surface area contributed by atoms with Gasteiger partial charge in [0.15, 0.2) is 34.5 Å². The van der Waals surface area contributed by atoms with Gasteiger partial charge in [-0.3, -0.25) is 0 Å². The Hall–Kier alpha value is -0.980. The molecule has 0 spiro atoms. The molecule has 1 aromatic carbocycles. The van der Waals surface area contributed by atoms with Crippen LogP contribution in [0, 0.1) is 0 Å². The second kappa shape index (κ2) is 13.2. The summed E-state index contributed by atoms with van der Waals surface area (Å²) in [5.74, 6) is -1.02. The molecular formula is C22H35IO4. The average molecular weight is 490 g/mol. The number of hydrogen-bond donors (Lipinski definition) is 2. The number of benzene rings is 1. The van der Waals surface area contributed by atoms with Gasteiger partial charge >= 0.3 is 5.97 Å². The molecule has 4 nitrogen and oxygen atoms in total. The van der Waals surface area contributed by atoms with Crippen molar-refractivity contribution in [2.45, 2.75) is 97.8 Å². The van der Waals surface area contributed by atoms with Gasteiger partial charge in [0.2, 0.25) is 0 Å². The number of carbonyl (C=O) groups is 1. The zero-order chi connectivity index (χ0) is 20.2. The van der Waals surface area contributed by atoms with Crippen LogP contribution in [0.1, 0.15) is 106 Å². The lowest BCUT2D eigenvalue weighted by Crippen LogP contribution is -2.11. The van der Waals surface area contributed by atoms with Crippen molar-refractivity contribution in [3.05, 3.63) is 22.3 Å². The standard InChI is InChI=1S/C22H35IO4/c1-4-7-10-13-16-17(14-11-8-5-2)19(22(26)27-23)21(25)20(24)18(16)15-12-9-6-3/h24-25H,4-15H2,1-3H3. The van der Waals surface area contributed by atoms with Crippen LogP contribution in [0.4, 0.5) is 0 Å². The van der Waals surface area contributed by atoms with Crippen molar-refractivity contribution >= 4 is 29.0 Å². The summed E-state index contributed by atoms with van der Waals surface area (Å²) >= 11 is 1.55. The van der Waals surface area contributed by atoms with Gasteiger partial charge in [-0.2, -0.15) is 0 Å². The number of unbranched alkanes of at least 4 members (excludes halogenated alkanes) is 6. The molecule has 5 heteroatoms. The van der Waals surface area contributed by atoms with Crippen LogP contribution in [-0.4, -0.2) is 16.2 Å². The van der Waals surface area contributed by atoms with Crippen LogP contribution in [0.25, 0.3) is 0 Å². The van der Waals surface area contributed by atoms with Crippen LogP contribution in [0.3, 0.4) is 0 Å². The predicted octanol–water partition coefficient (Wildman–Crippen LogP) is 6.80. The molecule has 0 radical (unpaired) electrons. The van der Waals surface area contributed by atoms with Gasteiger partial charge in [0, 0.05) is 5.56 Å². The van der Waals surface area contributed by atoms with Gasteiger partial charge in [-0.05, 0) is 49.7 Å². The molecule has 0 atom stereocenters. The number of aromatic hydroxyl groups is 2. The highest BCUT2D eigenvalue weighted by atomic mass is 127. The maximum absolute atomic E-state index is 12.4. The number of carbonyl (C=O) groups excluding carboxylic acids is 1. The van der Waals surface area contributed by atoms with E-state index in [1.54, 1.807) is 23.0 Å². The first-order chi connectivity index (χ1) is 13.0. The molecule has 0 fully saturated rings. The lowest BCUT2D eigenvalue weighted by molar-refractivity contribution is 0.0795. The molecule has 1 aromatic rings. The molecule has 1 rings (SSSR count). The van der Waals surface area contributed by atoms with Crippen molar-refractivity contribution in [2.75, 3.05) is 0 Å². The molecule has 154 valence electrons. The second-order valence-corrected chi connectivity index (χ2v) is 7.68. The fourth-order valence-corrected chi connectivity index (χ4v) is 3.86. The van der Waals surface area contributed by atoms with Crippen molar-refractivity contribution in [2.24, 2.45) is 0 Å². The molecule has 0 unspecified atom stereocenters. The van der Waals surface area contributed by atoms with Crippen LogP contribution < -0.4 is 0 Å². The van der Waals surface area contributed by atoms with E-state index in [0.717, 1.165) is 93.7 Å².